The van der Waals surface area contributed by atoms with E-state index in [1.807, 2.05) is 0 Å². The molecule has 76 valence electrons. The first kappa shape index (κ1) is 10.5. The van der Waals surface area contributed by atoms with Crippen LogP contribution >= 0.6 is 0 Å². The number of primary amides is 1. The second kappa shape index (κ2) is 4.09. The van der Waals surface area contributed by atoms with Crippen LogP contribution in [0.25, 0.3) is 0 Å². The molecule has 1 rings (SSSR count). The molecule has 1 fully saturated rings. The van der Waals surface area contributed by atoms with Crippen molar-refractivity contribution in [3.05, 3.63) is 0 Å². The normalized spacial score (nSPS) is 26.2. The van der Waals surface area contributed by atoms with Crippen LogP contribution in [-0.2, 0) is 4.79 Å². The van der Waals surface area contributed by atoms with E-state index in [0.29, 0.717) is 12.3 Å². The predicted molar refractivity (Wildman–Crippen MR) is 53.2 cm³/mol. The smallest absolute Gasteiger partial charge is 0.217 e. The van der Waals surface area contributed by atoms with E-state index in [9.17, 15) is 4.79 Å². The minimum absolute atomic E-state index is 0.167. The van der Waals surface area contributed by atoms with Crippen LogP contribution in [-0.4, -0.2) is 18.0 Å². The Morgan fingerprint density at radius 3 is 2.62 bits per heavy atom. The Morgan fingerprint density at radius 1 is 1.54 bits per heavy atom. The van der Waals surface area contributed by atoms with Gasteiger partial charge in [0.1, 0.15) is 0 Å². The van der Waals surface area contributed by atoms with Gasteiger partial charge in [-0.2, -0.15) is 0 Å². The Balaban J connectivity index is 2.66. The molecule has 1 aliphatic heterocycles. The minimum atomic E-state index is -0.167. The van der Waals surface area contributed by atoms with Gasteiger partial charge >= 0.3 is 0 Å². The molecule has 1 unspecified atom stereocenters. The van der Waals surface area contributed by atoms with Gasteiger partial charge in [-0.25, -0.2) is 0 Å². The number of carbonyl (C=O) groups is 1. The first-order valence-corrected chi connectivity index (χ1v) is 5.18. The first-order chi connectivity index (χ1) is 6.14. The van der Waals surface area contributed by atoms with Gasteiger partial charge < -0.3 is 11.1 Å². The third-order valence-electron chi connectivity index (χ3n) is 3.46. The third kappa shape index (κ3) is 2.02. The second-order valence-electron chi connectivity index (χ2n) is 3.95. The summed E-state index contributed by atoms with van der Waals surface area (Å²) in [5.41, 5.74) is 5.41. The van der Waals surface area contributed by atoms with Crippen LogP contribution in [0.5, 0.6) is 0 Å². The van der Waals surface area contributed by atoms with Crippen LogP contribution in [0.15, 0.2) is 0 Å². The van der Waals surface area contributed by atoms with Crippen molar-refractivity contribution in [3.8, 4) is 0 Å². The summed E-state index contributed by atoms with van der Waals surface area (Å²) in [4.78, 5) is 10.9. The third-order valence-corrected chi connectivity index (χ3v) is 3.46. The van der Waals surface area contributed by atoms with E-state index in [1.54, 1.807) is 0 Å². The molecule has 3 nitrogen and oxygen atoms in total. The fourth-order valence-corrected chi connectivity index (χ4v) is 2.53. The van der Waals surface area contributed by atoms with E-state index in [0.717, 1.165) is 25.8 Å². The Hall–Kier alpha value is -0.570. The van der Waals surface area contributed by atoms with Crippen molar-refractivity contribution in [2.45, 2.75) is 45.1 Å². The summed E-state index contributed by atoms with van der Waals surface area (Å²) in [6.45, 7) is 5.38. The highest BCUT2D eigenvalue weighted by Crippen LogP contribution is 2.34. The lowest BCUT2D eigenvalue weighted by Crippen LogP contribution is -2.44. The van der Waals surface area contributed by atoms with E-state index in [1.165, 1.54) is 0 Å². The molecule has 1 atom stereocenters. The fourth-order valence-electron chi connectivity index (χ4n) is 2.53. The average molecular weight is 184 g/mol. The predicted octanol–water partition coefficient (Wildman–Crippen LogP) is 1.03. The summed E-state index contributed by atoms with van der Waals surface area (Å²) < 4.78 is 0. The zero-order valence-electron chi connectivity index (χ0n) is 8.60. The SMILES string of the molecule is CCC1(CC)NCCC1CC(N)=O. The average Bonchev–Trinajstić information content (AvgIpc) is 2.48. The first-order valence-electron chi connectivity index (χ1n) is 5.18. The fraction of sp³-hybridized carbons (Fsp3) is 0.900. The van der Waals surface area contributed by atoms with Crippen LogP contribution in [0.4, 0.5) is 0 Å². The molecule has 0 saturated carbocycles. The number of hydrogen-bond acceptors (Lipinski definition) is 2. The molecule has 13 heavy (non-hydrogen) atoms. The van der Waals surface area contributed by atoms with Gasteiger partial charge in [-0.1, -0.05) is 13.8 Å². The molecule has 0 radical (unpaired) electrons. The van der Waals surface area contributed by atoms with E-state index >= 15 is 0 Å². The molecule has 0 aromatic heterocycles. The molecular weight excluding hydrogens is 164 g/mol. The highest BCUT2D eigenvalue weighted by molar-refractivity contribution is 5.74. The van der Waals surface area contributed by atoms with Crippen molar-refractivity contribution in [2.24, 2.45) is 11.7 Å². The van der Waals surface area contributed by atoms with Crippen LogP contribution in [0, 0.1) is 5.92 Å². The van der Waals surface area contributed by atoms with E-state index in [-0.39, 0.29) is 11.4 Å². The largest absolute Gasteiger partial charge is 0.370 e. The number of nitrogens with two attached hydrogens (primary N) is 1. The highest BCUT2D eigenvalue weighted by Gasteiger charge is 2.39. The lowest BCUT2D eigenvalue weighted by molar-refractivity contribution is -0.119. The summed E-state index contributed by atoms with van der Waals surface area (Å²) in [6.07, 6.45) is 3.79. The Kier molecular flexibility index (Phi) is 3.31. The molecular formula is C10H20N2O. The van der Waals surface area contributed by atoms with Crippen molar-refractivity contribution in [1.29, 1.82) is 0 Å². The van der Waals surface area contributed by atoms with Gasteiger partial charge in [0.15, 0.2) is 0 Å². The van der Waals surface area contributed by atoms with Crippen molar-refractivity contribution >= 4 is 5.91 Å². The Labute approximate surface area is 80.1 Å². The second-order valence-corrected chi connectivity index (χ2v) is 3.95. The van der Waals surface area contributed by atoms with Gasteiger partial charge in [0, 0.05) is 12.0 Å². The van der Waals surface area contributed by atoms with Crippen molar-refractivity contribution in [2.75, 3.05) is 6.54 Å². The molecule has 1 saturated heterocycles. The summed E-state index contributed by atoms with van der Waals surface area (Å²) in [5.74, 6) is 0.278. The standard InChI is InChI=1S/C10H20N2O/c1-3-10(4-2)8(5-6-12-10)7-9(11)13/h8,12H,3-7H2,1-2H3,(H2,11,13). The number of carbonyl (C=O) groups excluding carboxylic acids is 1. The molecule has 1 aliphatic rings. The molecule has 0 aromatic carbocycles. The zero-order valence-corrected chi connectivity index (χ0v) is 8.60. The lowest BCUT2D eigenvalue weighted by Gasteiger charge is -2.33. The lowest BCUT2D eigenvalue weighted by atomic mass is 9.79. The van der Waals surface area contributed by atoms with Crippen LogP contribution < -0.4 is 11.1 Å². The van der Waals surface area contributed by atoms with E-state index < -0.39 is 0 Å². The maximum atomic E-state index is 10.9. The molecule has 0 bridgehead atoms. The molecule has 3 N–H and O–H groups in total. The maximum Gasteiger partial charge on any atom is 0.217 e. The van der Waals surface area contributed by atoms with Gasteiger partial charge in [-0.3, -0.25) is 4.79 Å². The Bertz CT molecular complexity index is 187. The number of rotatable bonds is 4. The molecule has 1 heterocycles. The number of nitrogens with one attached hydrogen (secondary N) is 1. The molecule has 0 spiro atoms. The number of hydrogen-bond donors (Lipinski definition) is 2. The summed E-state index contributed by atoms with van der Waals surface area (Å²) in [5, 5.41) is 3.52. The van der Waals surface area contributed by atoms with E-state index in [4.69, 9.17) is 5.73 Å². The van der Waals surface area contributed by atoms with Crippen molar-refractivity contribution < 1.29 is 4.79 Å². The van der Waals surface area contributed by atoms with Gasteiger partial charge in [-0.15, -0.1) is 0 Å². The Morgan fingerprint density at radius 2 is 2.15 bits per heavy atom. The minimum Gasteiger partial charge on any atom is -0.370 e. The van der Waals surface area contributed by atoms with Crippen LogP contribution in [0.3, 0.4) is 0 Å². The highest BCUT2D eigenvalue weighted by atomic mass is 16.1. The van der Waals surface area contributed by atoms with Gasteiger partial charge in [0.25, 0.3) is 0 Å². The molecule has 0 aromatic rings. The van der Waals surface area contributed by atoms with Gasteiger partial charge in [0.05, 0.1) is 0 Å². The van der Waals surface area contributed by atoms with Crippen molar-refractivity contribution in [1.82, 2.24) is 5.32 Å². The zero-order chi connectivity index (χ0) is 9.90. The summed E-state index contributed by atoms with van der Waals surface area (Å²) in [7, 11) is 0. The van der Waals surface area contributed by atoms with Crippen LogP contribution in [0.2, 0.25) is 0 Å². The van der Waals surface area contributed by atoms with Gasteiger partial charge in [-0.05, 0) is 31.7 Å². The topological polar surface area (TPSA) is 55.1 Å². The molecule has 1 amide bonds. The quantitative estimate of drug-likeness (QED) is 0.685. The monoisotopic (exact) mass is 184 g/mol. The maximum absolute atomic E-state index is 10.9. The number of amides is 1. The van der Waals surface area contributed by atoms with Crippen LogP contribution in [0.1, 0.15) is 39.5 Å². The van der Waals surface area contributed by atoms with Crippen molar-refractivity contribution in [3.63, 3.8) is 0 Å². The van der Waals surface area contributed by atoms with E-state index in [2.05, 4.69) is 19.2 Å². The summed E-state index contributed by atoms with van der Waals surface area (Å²) in [6, 6.07) is 0. The molecule has 3 heteroatoms. The molecule has 0 aliphatic carbocycles. The van der Waals surface area contributed by atoms with Gasteiger partial charge in [0.2, 0.25) is 5.91 Å². The summed E-state index contributed by atoms with van der Waals surface area (Å²) >= 11 is 0.